The summed E-state index contributed by atoms with van der Waals surface area (Å²) in [4.78, 5) is 21.3. The van der Waals surface area contributed by atoms with Crippen LogP contribution in [0.1, 0.15) is 6.92 Å². The van der Waals surface area contributed by atoms with Gasteiger partial charge in [0.15, 0.2) is 11.3 Å². The van der Waals surface area contributed by atoms with Gasteiger partial charge >= 0.3 is 0 Å². The molecule has 0 radical (unpaired) electrons. The van der Waals surface area contributed by atoms with Crippen LogP contribution in [0.4, 0.5) is 11.6 Å². The van der Waals surface area contributed by atoms with Gasteiger partial charge in [-0.3, -0.25) is 20.2 Å². The summed E-state index contributed by atoms with van der Waals surface area (Å²) in [6.45, 7) is 1.32. The molecule has 94 valence electrons. The summed E-state index contributed by atoms with van der Waals surface area (Å²) >= 11 is 0. The van der Waals surface area contributed by atoms with Crippen molar-refractivity contribution in [2.75, 3.05) is 12.4 Å². The topological polar surface area (TPSA) is 94.6 Å². The lowest BCUT2D eigenvalue weighted by atomic mass is 10.2. The number of carbonyl (C=O) groups is 1. The van der Waals surface area contributed by atoms with Gasteiger partial charge < -0.3 is 9.15 Å². The zero-order valence-corrected chi connectivity index (χ0v) is 9.72. The van der Waals surface area contributed by atoms with Gasteiger partial charge in [0.25, 0.3) is 5.69 Å². The number of benzene rings is 1. The first-order chi connectivity index (χ1) is 8.52. The van der Waals surface area contributed by atoms with E-state index in [9.17, 15) is 14.9 Å². The van der Waals surface area contributed by atoms with Crippen molar-refractivity contribution in [2.45, 2.75) is 6.92 Å². The van der Waals surface area contributed by atoms with Gasteiger partial charge in [0.05, 0.1) is 12.0 Å². The Morgan fingerprint density at radius 2 is 2.22 bits per heavy atom. The predicted octanol–water partition coefficient (Wildman–Crippen LogP) is 2.31. The molecule has 2 aromatic rings. The average molecular weight is 250 g/mol. The number of hydrogen-bond acceptors (Lipinski definition) is 5. The molecule has 1 aromatic heterocycles. The van der Waals surface area contributed by atoms with Gasteiger partial charge in [-0.15, -0.1) is 0 Å². The highest BCUT2D eigenvalue weighted by Crippen LogP contribution is 2.36. The maximum Gasteiger partial charge on any atom is 0.280 e. The molecule has 18 heavy (non-hydrogen) atoms. The van der Waals surface area contributed by atoms with E-state index < -0.39 is 4.92 Å². The van der Waals surface area contributed by atoms with Crippen molar-refractivity contribution >= 4 is 28.4 Å². The molecule has 0 unspecified atom stereocenters. The van der Waals surface area contributed by atoms with Crippen LogP contribution in [0.3, 0.4) is 0 Å². The molecule has 0 saturated carbocycles. The van der Waals surface area contributed by atoms with E-state index in [2.05, 4.69) is 5.32 Å². The number of anilines is 1. The second-order valence-electron chi connectivity index (χ2n) is 3.58. The molecule has 2 rings (SSSR count). The Labute approximate surface area is 101 Å². The number of carbonyl (C=O) groups excluding carboxylic acids is 1. The molecule has 1 heterocycles. The van der Waals surface area contributed by atoms with E-state index in [-0.39, 0.29) is 28.4 Å². The Balaban J connectivity index is 2.66. The monoisotopic (exact) mass is 250 g/mol. The molecular formula is C11H10N2O5. The van der Waals surface area contributed by atoms with Crippen LogP contribution in [0.15, 0.2) is 22.6 Å². The highest BCUT2D eigenvalue weighted by atomic mass is 16.6. The highest BCUT2D eigenvalue weighted by molar-refractivity contribution is 5.96. The van der Waals surface area contributed by atoms with Gasteiger partial charge in [0, 0.05) is 19.1 Å². The summed E-state index contributed by atoms with van der Waals surface area (Å²) in [6, 6.07) is 4.17. The molecule has 0 fully saturated rings. The number of non-ortho nitro benzene ring substituents is 1. The van der Waals surface area contributed by atoms with E-state index in [1.54, 1.807) is 0 Å². The molecule has 0 atom stereocenters. The van der Waals surface area contributed by atoms with Crippen molar-refractivity contribution in [3.63, 3.8) is 0 Å². The van der Waals surface area contributed by atoms with Crippen LogP contribution in [-0.2, 0) is 4.79 Å². The fraction of sp³-hybridized carbons (Fsp3) is 0.182. The quantitative estimate of drug-likeness (QED) is 0.666. The number of hydrogen-bond donors (Lipinski definition) is 1. The first-order valence-corrected chi connectivity index (χ1v) is 5.05. The van der Waals surface area contributed by atoms with Crippen molar-refractivity contribution in [3.8, 4) is 5.75 Å². The standard InChI is InChI=1S/C11H10N2O5/c1-6(14)12-10-5-7-8(13(15)16)3-4-9(17-2)11(7)18-10/h3-5H,1-2H3,(H,12,14). The zero-order chi connectivity index (χ0) is 13.3. The molecule has 0 aliphatic rings. The Kier molecular flexibility index (Phi) is 2.88. The Morgan fingerprint density at radius 3 is 2.78 bits per heavy atom. The zero-order valence-electron chi connectivity index (χ0n) is 9.72. The first-order valence-electron chi connectivity index (χ1n) is 5.05. The second kappa shape index (κ2) is 4.36. The van der Waals surface area contributed by atoms with Crippen LogP contribution in [-0.4, -0.2) is 17.9 Å². The molecular weight excluding hydrogens is 240 g/mol. The Morgan fingerprint density at radius 1 is 1.50 bits per heavy atom. The number of rotatable bonds is 3. The predicted molar refractivity (Wildman–Crippen MR) is 63.7 cm³/mol. The number of ether oxygens (including phenoxy) is 1. The van der Waals surface area contributed by atoms with E-state index in [4.69, 9.17) is 9.15 Å². The molecule has 7 heteroatoms. The second-order valence-corrected chi connectivity index (χ2v) is 3.58. The van der Waals surface area contributed by atoms with Gasteiger partial charge in [-0.2, -0.15) is 0 Å². The third-order valence-corrected chi connectivity index (χ3v) is 2.34. The SMILES string of the molecule is COc1ccc([N+](=O)[O-])c2cc(NC(C)=O)oc12. The molecule has 1 N–H and O–H groups in total. The lowest BCUT2D eigenvalue weighted by Gasteiger charge is -2.00. The third-order valence-electron chi connectivity index (χ3n) is 2.34. The molecule has 0 aliphatic heterocycles. The van der Waals surface area contributed by atoms with E-state index in [0.717, 1.165) is 0 Å². The van der Waals surface area contributed by atoms with Crippen LogP contribution in [0.25, 0.3) is 11.0 Å². The van der Waals surface area contributed by atoms with Crippen molar-refractivity contribution in [3.05, 3.63) is 28.3 Å². The number of nitro groups is 1. The van der Waals surface area contributed by atoms with Crippen LogP contribution >= 0.6 is 0 Å². The largest absolute Gasteiger partial charge is 0.493 e. The van der Waals surface area contributed by atoms with Crippen molar-refractivity contribution in [2.24, 2.45) is 0 Å². The van der Waals surface area contributed by atoms with E-state index in [0.29, 0.717) is 5.75 Å². The summed E-state index contributed by atoms with van der Waals surface area (Å²) in [5.74, 6) is 0.188. The van der Waals surface area contributed by atoms with Crippen molar-refractivity contribution in [1.82, 2.24) is 0 Å². The number of amides is 1. The van der Waals surface area contributed by atoms with Gasteiger partial charge in [0.2, 0.25) is 11.8 Å². The minimum absolute atomic E-state index is 0.105. The number of furan rings is 1. The summed E-state index contributed by atoms with van der Waals surface area (Å²) in [5.41, 5.74) is 0.126. The molecule has 7 nitrogen and oxygen atoms in total. The van der Waals surface area contributed by atoms with Crippen LogP contribution in [0.5, 0.6) is 5.75 Å². The number of nitro benzene ring substituents is 1. The normalized spacial score (nSPS) is 10.3. The minimum Gasteiger partial charge on any atom is -0.493 e. The number of nitrogens with zero attached hydrogens (tertiary/aromatic N) is 1. The van der Waals surface area contributed by atoms with E-state index >= 15 is 0 Å². The summed E-state index contributed by atoms with van der Waals surface area (Å²) < 4.78 is 10.4. The summed E-state index contributed by atoms with van der Waals surface area (Å²) in [7, 11) is 1.43. The van der Waals surface area contributed by atoms with Crippen LogP contribution in [0, 0.1) is 10.1 Å². The lowest BCUT2D eigenvalue weighted by molar-refractivity contribution is -0.383. The van der Waals surface area contributed by atoms with Crippen molar-refractivity contribution in [1.29, 1.82) is 0 Å². The summed E-state index contributed by atoms with van der Waals surface area (Å²) in [6.07, 6.45) is 0. The number of nitrogens with one attached hydrogen (secondary N) is 1. The van der Waals surface area contributed by atoms with E-state index in [1.807, 2.05) is 0 Å². The van der Waals surface area contributed by atoms with Crippen LogP contribution in [0.2, 0.25) is 0 Å². The molecule has 0 bridgehead atoms. The van der Waals surface area contributed by atoms with E-state index in [1.165, 1.54) is 32.2 Å². The lowest BCUT2D eigenvalue weighted by Crippen LogP contribution is -2.04. The van der Waals surface area contributed by atoms with Crippen molar-refractivity contribution < 1.29 is 18.9 Å². The smallest absolute Gasteiger partial charge is 0.280 e. The summed E-state index contributed by atoms with van der Waals surface area (Å²) in [5, 5.41) is 13.6. The fourth-order valence-corrected chi connectivity index (χ4v) is 1.64. The van der Waals surface area contributed by atoms with Gasteiger partial charge in [-0.05, 0) is 6.07 Å². The van der Waals surface area contributed by atoms with Gasteiger partial charge in [-0.1, -0.05) is 0 Å². The maximum atomic E-state index is 10.9. The average Bonchev–Trinajstić information content (AvgIpc) is 2.69. The molecule has 1 amide bonds. The fourth-order valence-electron chi connectivity index (χ4n) is 1.64. The third kappa shape index (κ3) is 1.97. The van der Waals surface area contributed by atoms with Gasteiger partial charge in [-0.25, -0.2) is 0 Å². The number of methoxy groups -OCH3 is 1. The Hall–Kier alpha value is -2.57. The van der Waals surface area contributed by atoms with Gasteiger partial charge in [0.1, 0.15) is 5.39 Å². The highest BCUT2D eigenvalue weighted by Gasteiger charge is 2.19. The van der Waals surface area contributed by atoms with Crippen LogP contribution < -0.4 is 10.1 Å². The maximum absolute atomic E-state index is 10.9. The Bertz CT molecular complexity index is 632. The molecule has 1 aromatic carbocycles. The first kappa shape index (κ1) is 11.9. The molecule has 0 spiro atoms. The minimum atomic E-state index is -0.519. The number of fused-ring (bicyclic) bond motifs is 1. The molecule has 0 aliphatic carbocycles. The molecule has 0 saturated heterocycles.